The fourth-order valence-electron chi connectivity index (χ4n) is 5.03. The number of halogens is 3. The number of anilines is 1. The molecular formula is C22H25F3N6O3. The van der Waals surface area contributed by atoms with Gasteiger partial charge in [0.15, 0.2) is 0 Å². The van der Waals surface area contributed by atoms with Gasteiger partial charge in [0.1, 0.15) is 17.8 Å². The quantitative estimate of drug-likeness (QED) is 0.677. The second-order valence-electron chi connectivity index (χ2n) is 8.68. The van der Waals surface area contributed by atoms with E-state index in [-0.39, 0.29) is 23.5 Å². The number of hydrogen-bond donors (Lipinski definition) is 2. The number of aromatic nitrogens is 2. The fourth-order valence-corrected chi connectivity index (χ4v) is 5.03. The highest BCUT2D eigenvalue weighted by Crippen LogP contribution is 2.42. The lowest BCUT2D eigenvalue weighted by atomic mass is 9.89. The first kappa shape index (κ1) is 22.7. The van der Waals surface area contributed by atoms with Gasteiger partial charge in [-0.1, -0.05) is 35.4 Å². The molecule has 12 heteroatoms. The van der Waals surface area contributed by atoms with E-state index in [1.54, 1.807) is 44.4 Å². The standard InChI is InChI=1S/C22H25F3N6O3/c1-12-15(19-27-28-21(34-19)30-10-6-9-14(30)11-33-2)20(32)31-18(26-12)16(13-7-4-3-5-8-13)17(29-31)22(23,24)25/h3-5,7-8,14,16-18,26,29H,6,9-11H2,1-2H3. The Morgan fingerprint density at radius 3 is 2.71 bits per heavy atom. The van der Waals surface area contributed by atoms with Gasteiger partial charge in [-0.3, -0.25) is 4.79 Å². The minimum atomic E-state index is -4.57. The lowest BCUT2D eigenvalue weighted by molar-refractivity contribution is -0.161. The molecule has 5 rings (SSSR count). The molecule has 0 bridgehead atoms. The molecule has 0 saturated carbocycles. The summed E-state index contributed by atoms with van der Waals surface area (Å²) in [6.45, 7) is 2.83. The van der Waals surface area contributed by atoms with Gasteiger partial charge in [0.05, 0.1) is 18.6 Å². The smallest absolute Gasteiger partial charge is 0.403 e. The molecule has 4 heterocycles. The molecule has 1 aromatic heterocycles. The van der Waals surface area contributed by atoms with Gasteiger partial charge in [-0.15, -0.1) is 5.10 Å². The van der Waals surface area contributed by atoms with E-state index in [0.717, 1.165) is 17.9 Å². The number of ether oxygens (including phenoxy) is 1. The highest BCUT2D eigenvalue weighted by Gasteiger charge is 2.58. The highest BCUT2D eigenvalue weighted by atomic mass is 19.4. The lowest BCUT2D eigenvalue weighted by Crippen LogP contribution is -2.54. The van der Waals surface area contributed by atoms with Crippen molar-refractivity contribution in [2.75, 3.05) is 25.2 Å². The Balaban J connectivity index is 1.46. The molecule has 2 aromatic rings. The topological polar surface area (TPSA) is 95.8 Å². The maximum Gasteiger partial charge on any atom is 0.406 e. The van der Waals surface area contributed by atoms with Crippen molar-refractivity contribution in [2.24, 2.45) is 0 Å². The first-order valence-corrected chi connectivity index (χ1v) is 11.1. The summed E-state index contributed by atoms with van der Waals surface area (Å²) < 4.78 is 53.0. The van der Waals surface area contributed by atoms with E-state index >= 15 is 0 Å². The largest absolute Gasteiger partial charge is 0.406 e. The van der Waals surface area contributed by atoms with Crippen molar-refractivity contribution in [3.8, 4) is 0 Å². The Morgan fingerprint density at radius 2 is 2.00 bits per heavy atom. The van der Waals surface area contributed by atoms with Crippen LogP contribution in [0.5, 0.6) is 0 Å². The molecule has 9 nitrogen and oxygen atoms in total. The number of hydrogen-bond acceptors (Lipinski definition) is 8. The number of nitrogens with one attached hydrogen (secondary N) is 2. The Hall–Kier alpha value is -3.12. The number of allylic oxidation sites excluding steroid dienone is 1. The van der Waals surface area contributed by atoms with Crippen LogP contribution in [0.1, 0.15) is 37.1 Å². The van der Waals surface area contributed by atoms with E-state index < -0.39 is 30.2 Å². The molecule has 0 aliphatic carbocycles. The van der Waals surface area contributed by atoms with Crippen LogP contribution in [0.3, 0.4) is 0 Å². The van der Waals surface area contributed by atoms with Crippen LogP contribution in [-0.4, -0.2) is 65.8 Å². The summed E-state index contributed by atoms with van der Waals surface area (Å²) in [7, 11) is 1.62. The van der Waals surface area contributed by atoms with Crippen molar-refractivity contribution in [1.82, 2.24) is 25.9 Å². The van der Waals surface area contributed by atoms with Crippen molar-refractivity contribution in [3.05, 3.63) is 47.5 Å². The molecule has 1 amide bonds. The summed E-state index contributed by atoms with van der Waals surface area (Å²) in [5.74, 6) is -1.74. The molecule has 0 spiro atoms. The van der Waals surface area contributed by atoms with E-state index in [1.165, 1.54) is 0 Å². The zero-order valence-corrected chi connectivity index (χ0v) is 18.7. The van der Waals surface area contributed by atoms with Crippen molar-refractivity contribution in [1.29, 1.82) is 0 Å². The van der Waals surface area contributed by atoms with Crippen LogP contribution in [0.25, 0.3) is 5.57 Å². The highest BCUT2D eigenvalue weighted by molar-refractivity contribution is 6.19. The normalized spacial score (nSPS) is 27.4. The molecule has 4 atom stereocenters. The SMILES string of the molecule is COCC1CCCN1c1nnc(C2=C(C)NC3C(c4ccccc4)C(C(F)(F)F)NN3C2=O)o1. The zero-order valence-electron chi connectivity index (χ0n) is 18.7. The second kappa shape index (κ2) is 8.58. The number of carbonyl (C=O) groups is 1. The molecule has 2 fully saturated rings. The number of alkyl halides is 3. The van der Waals surface area contributed by atoms with Gasteiger partial charge >= 0.3 is 12.2 Å². The minimum Gasteiger partial charge on any atom is -0.403 e. The molecule has 2 N–H and O–H groups in total. The maximum atomic E-state index is 14.0. The summed E-state index contributed by atoms with van der Waals surface area (Å²) in [6, 6.07) is 6.75. The minimum absolute atomic E-state index is 0.0413. The average molecular weight is 478 g/mol. The third kappa shape index (κ3) is 3.80. The molecular weight excluding hydrogens is 453 g/mol. The van der Waals surface area contributed by atoms with Crippen LogP contribution < -0.4 is 15.6 Å². The van der Waals surface area contributed by atoms with Gasteiger partial charge in [0.25, 0.3) is 11.8 Å². The predicted molar refractivity (Wildman–Crippen MR) is 115 cm³/mol. The van der Waals surface area contributed by atoms with Crippen molar-refractivity contribution in [2.45, 2.75) is 50.1 Å². The van der Waals surface area contributed by atoms with E-state index in [2.05, 4.69) is 20.9 Å². The van der Waals surface area contributed by atoms with Gasteiger partial charge < -0.3 is 19.4 Å². The lowest BCUT2D eigenvalue weighted by Gasteiger charge is -2.34. The molecule has 2 saturated heterocycles. The molecule has 3 aliphatic heterocycles. The molecule has 3 aliphatic rings. The van der Waals surface area contributed by atoms with Crippen LogP contribution in [-0.2, 0) is 9.53 Å². The Kier molecular flexibility index (Phi) is 5.72. The number of hydrazine groups is 1. The number of fused-ring (bicyclic) bond motifs is 1. The molecule has 182 valence electrons. The first-order valence-electron chi connectivity index (χ1n) is 11.1. The van der Waals surface area contributed by atoms with Gasteiger partial charge in [0, 0.05) is 19.4 Å². The van der Waals surface area contributed by atoms with Gasteiger partial charge in [-0.05, 0) is 25.3 Å². The zero-order chi connectivity index (χ0) is 24.0. The molecule has 0 radical (unpaired) electrons. The number of benzene rings is 1. The molecule has 1 aromatic carbocycles. The summed E-state index contributed by atoms with van der Waals surface area (Å²) in [5.41, 5.74) is 3.27. The molecule has 34 heavy (non-hydrogen) atoms. The van der Waals surface area contributed by atoms with Crippen molar-refractivity contribution in [3.63, 3.8) is 0 Å². The van der Waals surface area contributed by atoms with Crippen LogP contribution in [0.15, 0.2) is 40.4 Å². The van der Waals surface area contributed by atoms with Gasteiger partial charge in [0.2, 0.25) is 0 Å². The van der Waals surface area contributed by atoms with Crippen LogP contribution in [0.4, 0.5) is 19.2 Å². The van der Waals surface area contributed by atoms with E-state index in [9.17, 15) is 18.0 Å². The van der Waals surface area contributed by atoms with Crippen molar-refractivity contribution < 1.29 is 27.1 Å². The number of amides is 1. The van der Waals surface area contributed by atoms with Crippen molar-refractivity contribution >= 4 is 17.5 Å². The summed E-state index contributed by atoms with van der Waals surface area (Å²) in [4.78, 5) is 15.3. The number of rotatable bonds is 5. The van der Waals surface area contributed by atoms with E-state index in [1.807, 2.05) is 4.90 Å². The van der Waals surface area contributed by atoms with Crippen LogP contribution >= 0.6 is 0 Å². The van der Waals surface area contributed by atoms with Gasteiger partial charge in [-0.25, -0.2) is 10.4 Å². The maximum absolute atomic E-state index is 14.0. The molecule has 4 unspecified atom stereocenters. The van der Waals surface area contributed by atoms with E-state index in [4.69, 9.17) is 9.15 Å². The number of carbonyl (C=O) groups excluding carboxylic acids is 1. The first-order chi connectivity index (χ1) is 16.3. The summed E-state index contributed by atoms with van der Waals surface area (Å²) >= 11 is 0. The fraction of sp³-hybridized carbons (Fsp3) is 0.500. The average Bonchev–Trinajstić information content (AvgIpc) is 3.52. The van der Waals surface area contributed by atoms with Crippen LogP contribution in [0, 0.1) is 0 Å². The predicted octanol–water partition coefficient (Wildman–Crippen LogP) is 2.41. The van der Waals surface area contributed by atoms with E-state index in [0.29, 0.717) is 24.4 Å². The van der Waals surface area contributed by atoms with Crippen LogP contribution in [0.2, 0.25) is 0 Å². The Morgan fingerprint density at radius 1 is 1.24 bits per heavy atom. The number of methoxy groups -OCH3 is 1. The summed E-state index contributed by atoms with van der Waals surface area (Å²) in [6.07, 6.45) is -3.66. The van der Waals surface area contributed by atoms with Gasteiger partial charge in [-0.2, -0.15) is 13.2 Å². The number of nitrogens with zero attached hydrogens (tertiary/aromatic N) is 4. The Labute approximate surface area is 193 Å². The monoisotopic (exact) mass is 478 g/mol. The summed E-state index contributed by atoms with van der Waals surface area (Å²) in [5, 5.41) is 12.2. The Bertz CT molecular complexity index is 1090. The third-order valence-electron chi connectivity index (χ3n) is 6.57. The second-order valence-corrected chi connectivity index (χ2v) is 8.68. The third-order valence-corrected chi connectivity index (χ3v) is 6.57.